The number of rotatable bonds is 6. The van der Waals surface area contributed by atoms with Crippen molar-refractivity contribution in [1.82, 2.24) is 0 Å². The number of carbonyl (C=O) groups is 1. The molecule has 0 unspecified atom stereocenters. The zero-order valence-electron chi connectivity index (χ0n) is 13.0. The van der Waals surface area contributed by atoms with E-state index < -0.39 is 0 Å². The molecule has 0 atom stereocenters. The van der Waals surface area contributed by atoms with Gasteiger partial charge in [-0.05, 0) is 56.4 Å². The molecule has 2 heteroatoms. The van der Waals surface area contributed by atoms with Crippen LogP contribution in [0.15, 0.2) is 12.1 Å². The lowest BCUT2D eigenvalue weighted by Crippen LogP contribution is -2.10. The number of ether oxygens (including phenoxy) is 1. The first kappa shape index (κ1) is 15.7. The fraction of sp³-hybridized carbons (Fsp3) is 0.588. The molecule has 0 fully saturated rings. The van der Waals surface area contributed by atoms with E-state index in [1.807, 2.05) is 39.8 Å². The topological polar surface area (TPSA) is 26.3 Å². The van der Waals surface area contributed by atoms with Gasteiger partial charge in [0.2, 0.25) is 0 Å². The monoisotopic (exact) mass is 262 g/mol. The molecule has 1 rings (SSSR count). The molecule has 0 amide bonds. The first-order valence-electron chi connectivity index (χ1n) is 7.21. The Labute approximate surface area is 117 Å². The van der Waals surface area contributed by atoms with Crippen LogP contribution in [-0.2, 0) is 0 Å². The van der Waals surface area contributed by atoms with E-state index in [-0.39, 0.29) is 11.9 Å². The van der Waals surface area contributed by atoms with Gasteiger partial charge in [-0.2, -0.15) is 0 Å². The first-order valence-corrected chi connectivity index (χ1v) is 7.21. The van der Waals surface area contributed by atoms with Gasteiger partial charge in [-0.3, -0.25) is 4.79 Å². The number of aryl methyl sites for hydroxylation is 1. The maximum Gasteiger partial charge on any atom is 0.163 e. The number of carbonyl (C=O) groups excluding carboxylic acids is 1. The predicted molar refractivity (Wildman–Crippen MR) is 80.3 cm³/mol. The molecule has 0 radical (unpaired) electrons. The molecule has 0 saturated carbocycles. The van der Waals surface area contributed by atoms with Crippen molar-refractivity contribution in [3.05, 3.63) is 28.8 Å². The van der Waals surface area contributed by atoms with Crippen molar-refractivity contribution in [2.24, 2.45) is 0 Å². The minimum atomic E-state index is 0.147. The van der Waals surface area contributed by atoms with Crippen LogP contribution >= 0.6 is 0 Å². The Morgan fingerprint density at radius 2 is 1.84 bits per heavy atom. The van der Waals surface area contributed by atoms with E-state index in [9.17, 15) is 4.79 Å². The lowest BCUT2D eigenvalue weighted by atomic mass is 9.93. The second-order valence-corrected chi connectivity index (χ2v) is 5.70. The molecule has 0 aromatic heterocycles. The van der Waals surface area contributed by atoms with E-state index in [4.69, 9.17) is 4.74 Å². The fourth-order valence-electron chi connectivity index (χ4n) is 2.17. The highest BCUT2D eigenvalue weighted by atomic mass is 16.5. The second kappa shape index (κ2) is 6.74. The predicted octanol–water partition coefficient (Wildman–Crippen LogP) is 4.89. The van der Waals surface area contributed by atoms with E-state index in [0.29, 0.717) is 12.3 Å². The maximum absolute atomic E-state index is 12.1. The Kier molecular flexibility index (Phi) is 5.59. The van der Waals surface area contributed by atoms with Crippen LogP contribution in [0.25, 0.3) is 0 Å². The van der Waals surface area contributed by atoms with Crippen LogP contribution in [0.4, 0.5) is 0 Å². The van der Waals surface area contributed by atoms with Crippen molar-refractivity contribution in [3.8, 4) is 5.75 Å². The van der Waals surface area contributed by atoms with Crippen molar-refractivity contribution >= 4 is 5.78 Å². The van der Waals surface area contributed by atoms with E-state index in [0.717, 1.165) is 28.9 Å². The molecule has 0 spiro atoms. The first-order chi connectivity index (χ1) is 8.86. The van der Waals surface area contributed by atoms with E-state index in [2.05, 4.69) is 13.8 Å². The molecule has 19 heavy (non-hydrogen) atoms. The Balaban J connectivity index is 3.24. The van der Waals surface area contributed by atoms with Gasteiger partial charge in [0.05, 0.1) is 6.10 Å². The summed E-state index contributed by atoms with van der Waals surface area (Å²) in [4.78, 5) is 12.1. The summed E-state index contributed by atoms with van der Waals surface area (Å²) in [6.07, 6.45) is 1.65. The van der Waals surface area contributed by atoms with Gasteiger partial charge in [-0.1, -0.05) is 20.8 Å². The Hall–Kier alpha value is -1.31. The average molecular weight is 262 g/mol. The molecular formula is C17H26O2. The summed E-state index contributed by atoms with van der Waals surface area (Å²) in [7, 11) is 0. The van der Waals surface area contributed by atoms with Gasteiger partial charge in [0.15, 0.2) is 5.78 Å². The minimum absolute atomic E-state index is 0.147. The van der Waals surface area contributed by atoms with Crippen LogP contribution in [0.1, 0.15) is 74.9 Å². The zero-order valence-corrected chi connectivity index (χ0v) is 13.0. The quantitative estimate of drug-likeness (QED) is 0.682. The molecule has 0 saturated heterocycles. The van der Waals surface area contributed by atoms with Crippen molar-refractivity contribution in [2.75, 3.05) is 0 Å². The summed E-state index contributed by atoms with van der Waals surface area (Å²) in [6.45, 7) is 12.3. The number of hydrogen-bond acceptors (Lipinski definition) is 2. The van der Waals surface area contributed by atoms with Gasteiger partial charge < -0.3 is 4.74 Å². The van der Waals surface area contributed by atoms with Gasteiger partial charge in [-0.25, -0.2) is 0 Å². The Morgan fingerprint density at radius 3 is 2.32 bits per heavy atom. The van der Waals surface area contributed by atoms with Gasteiger partial charge >= 0.3 is 0 Å². The summed E-state index contributed by atoms with van der Waals surface area (Å²) in [5.74, 6) is 1.50. The van der Waals surface area contributed by atoms with Gasteiger partial charge in [0.1, 0.15) is 5.75 Å². The summed E-state index contributed by atoms with van der Waals surface area (Å²) in [6, 6.07) is 4.04. The molecule has 1 aromatic carbocycles. The molecule has 0 aliphatic carbocycles. The van der Waals surface area contributed by atoms with Gasteiger partial charge in [0.25, 0.3) is 0 Å². The SMILES string of the molecule is CCCC(=O)c1cc(C(C)C)c(OC(C)C)cc1C. The van der Waals surface area contributed by atoms with Crippen molar-refractivity contribution in [1.29, 1.82) is 0 Å². The van der Waals surface area contributed by atoms with Crippen LogP contribution in [0.5, 0.6) is 5.75 Å². The Morgan fingerprint density at radius 1 is 1.21 bits per heavy atom. The summed E-state index contributed by atoms with van der Waals surface area (Å²) < 4.78 is 5.87. The standard InChI is InChI=1S/C17H26O2/c1-7-8-16(18)15-10-14(11(2)3)17(9-13(15)6)19-12(4)5/h9-12H,7-8H2,1-6H3. The van der Waals surface area contributed by atoms with Crippen LogP contribution in [0.2, 0.25) is 0 Å². The normalized spacial score (nSPS) is 11.2. The molecule has 106 valence electrons. The molecule has 0 aliphatic heterocycles. The average Bonchev–Trinajstić information content (AvgIpc) is 2.27. The van der Waals surface area contributed by atoms with Gasteiger partial charge in [-0.15, -0.1) is 0 Å². The van der Waals surface area contributed by atoms with Crippen LogP contribution in [0.3, 0.4) is 0 Å². The largest absolute Gasteiger partial charge is 0.491 e. The minimum Gasteiger partial charge on any atom is -0.491 e. The fourth-order valence-corrected chi connectivity index (χ4v) is 2.17. The molecule has 0 N–H and O–H groups in total. The lowest BCUT2D eigenvalue weighted by molar-refractivity contribution is 0.0981. The van der Waals surface area contributed by atoms with Crippen molar-refractivity contribution < 1.29 is 9.53 Å². The molecule has 2 nitrogen and oxygen atoms in total. The zero-order chi connectivity index (χ0) is 14.6. The molecule has 0 aliphatic rings. The summed E-state index contributed by atoms with van der Waals surface area (Å²) in [5, 5.41) is 0. The third-order valence-corrected chi connectivity index (χ3v) is 3.12. The van der Waals surface area contributed by atoms with Gasteiger partial charge in [0, 0.05) is 12.0 Å². The third-order valence-electron chi connectivity index (χ3n) is 3.12. The van der Waals surface area contributed by atoms with E-state index in [1.165, 1.54) is 0 Å². The highest BCUT2D eigenvalue weighted by Crippen LogP contribution is 2.31. The van der Waals surface area contributed by atoms with Crippen molar-refractivity contribution in [3.63, 3.8) is 0 Å². The van der Waals surface area contributed by atoms with Crippen molar-refractivity contribution in [2.45, 2.75) is 66.4 Å². The Bertz CT molecular complexity index is 445. The smallest absolute Gasteiger partial charge is 0.163 e. The molecule has 0 heterocycles. The second-order valence-electron chi connectivity index (χ2n) is 5.70. The lowest BCUT2D eigenvalue weighted by Gasteiger charge is -2.19. The van der Waals surface area contributed by atoms with Crippen LogP contribution < -0.4 is 4.74 Å². The summed E-state index contributed by atoms with van der Waals surface area (Å²) >= 11 is 0. The molecule has 0 bridgehead atoms. The maximum atomic E-state index is 12.1. The molecule has 1 aromatic rings. The highest BCUT2D eigenvalue weighted by molar-refractivity contribution is 5.97. The molecular weight excluding hydrogens is 236 g/mol. The third kappa shape index (κ3) is 4.09. The highest BCUT2D eigenvalue weighted by Gasteiger charge is 2.16. The number of ketones is 1. The number of Topliss-reactive ketones (excluding diaryl/α,β-unsaturated/α-hetero) is 1. The van der Waals surface area contributed by atoms with Crippen LogP contribution in [-0.4, -0.2) is 11.9 Å². The van der Waals surface area contributed by atoms with E-state index >= 15 is 0 Å². The number of benzene rings is 1. The van der Waals surface area contributed by atoms with E-state index in [1.54, 1.807) is 0 Å². The van der Waals surface area contributed by atoms with Crippen LogP contribution in [0, 0.1) is 6.92 Å². The summed E-state index contributed by atoms with van der Waals surface area (Å²) in [5.41, 5.74) is 2.99. The number of hydrogen-bond donors (Lipinski definition) is 0.